The van der Waals surface area contributed by atoms with Gasteiger partial charge in [0.25, 0.3) is 0 Å². The minimum Gasteiger partial charge on any atom is -0.330 e. The molecule has 1 aliphatic rings. The lowest BCUT2D eigenvalue weighted by atomic mass is 9.71. The van der Waals surface area contributed by atoms with Crippen LogP contribution in [0.15, 0.2) is 11.0 Å². The first-order valence-electron chi connectivity index (χ1n) is 5.30. The number of nitrogens with one attached hydrogen (secondary N) is 1. The van der Waals surface area contributed by atoms with Gasteiger partial charge in [0.15, 0.2) is 0 Å². The first-order valence-corrected chi connectivity index (χ1v) is 5.30. The van der Waals surface area contributed by atoms with Crippen molar-refractivity contribution in [3.05, 3.63) is 27.9 Å². The highest BCUT2D eigenvalue weighted by Gasteiger charge is 2.32. The quantitative estimate of drug-likeness (QED) is 0.715. The maximum absolute atomic E-state index is 11.1. The molecule has 0 amide bonds. The summed E-state index contributed by atoms with van der Waals surface area (Å²) in [5.74, 6) is 0.327. The summed E-state index contributed by atoms with van der Waals surface area (Å²) in [5.41, 5.74) is 7.84. The summed E-state index contributed by atoms with van der Waals surface area (Å²) < 4.78 is 0. The van der Waals surface area contributed by atoms with Crippen LogP contribution in [0.5, 0.6) is 0 Å². The lowest BCUT2D eigenvalue weighted by Crippen LogP contribution is -2.32. The highest BCUT2D eigenvalue weighted by atomic mass is 16.1. The topological polar surface area (TPSA) is 71.8 Å². The van der Waals surface area contributed by atoms with Crippen molar-refractivity contribution in [1.29, 1.82) is 0 Å². The van der Waals surface area contributed by atoms with Crippen LogP contribution in [-0.4, -0.2) is 16.5 Å². The molecule has 1 unspecified atom stereocenters. The highest BCUT2D eigenvalue weighted by Crippen LogP contribution is 2.39. The molecule has 1 aromatic rings. The molecule has 0 bridgehead atoms. The molecular formula is C11H17N3O. The van der Waals surface area contributed by atoms with E-state index in [1.165, 1.54) is 0 Å². The van der Waals surface area contributed by atoms with E-state index < -0.39 is 0 Å². The van der Waals surface area contributed by atoms with Crippen LogP contribution in [0.2, 0.25) is 0 Å². The molecule has 15 heavy (non-hydrogen) atoms. The van der Waals surface area contributed by atoms with Crippen molar-refractivity contribution < 1.29 is 0 Å². The van der Waals surface area contributed by atoms with Gasteiger partial charge in [0.1, 0.15) is 0 Å². The van der Waals surface area contributed by atoms with Crippen LogP contribution in [0.3, 0.4) is 0 Å². The number of aromatic nitrogens is 2. The van der Waals surface area contributed by atoms with Gasteiger partial charge in [0.05, 0.1) is 0 Å². The molecule has 1 atom stereocenters. The van der Waals surface area contributed by atoms with Crippen molar-refractivity contribution in [2.75, 3.05) is 6.54 Å². The lowest BCUT2D eigenvalue weighted by molar-refractivity contribution is 0.277. The SMILES string of the molecule is CC1(C)Cc2[nH]c(=O)ncc2C(CN)C1. The van der Waals surface area contributed by atoms with Crippen LogP contribution in [0.4, 0.5) is 0 Å². The molecule has 0 radical (unpaired) electrons. The third-order valence-corrected chi connectivity index (χ3v) is 3.11. The first kappa shape index (κ1) is 10.4. The van der Waals surface area contributed by atoms with Crippen LogP contribution in [0.1, 0.15) is 37.4 Å². The van der Waals surface area contributed by atoms with E-state index in [-0.39, 0.29) is 11.1 Å². The van der Waals surface area contributed by atoms with Crippen LogP contribution in [0, 0.1) is 5.41 Å². The molecule has 1 aliphatic carbocycles. The Hall–Kier alpha value is -1.16. The molecule has 82 valence electrons. The Balaban J connectivity index is 2.49. The standard InChI is InChI=1S/C11H17N3O/c1-11(2)3-7(5-12)8-6-13-10(15)14-9(8)4-11/h6-7H,3-5,12H2,1-2H3,(H,13,14,15). The summed E-state index contributed by atoms with van der Waals surface area (Å²) >= 11 is 0. The van der Waals surface area contributed by atoms with Gasteiger partial charge in [-0.25, -0.2) is 9.78 Å². The van der Waals surface area contributed by atoms with Gasteiger partial charge in [-0.3, -0.25) is 0 Å². The van der Waals surface area contributed by atoms with Crippen molar-refractivity contribution in [2.24, 2.45) is 11.1 Å². The fourth-order valence-corrected chi connectivity index (χ4v) is 2.48. The largest absolute Gasteiger partial charge is 0.345 e. The first-order chi connectivity index (χ1) is 7.02. The van der Waals surface area contributed by atoms with E-state index in [4.69, 9.17) is 5.73 Å². The smallest absolute Gasteiger partial charge is 0.330 e. The molecule has 2 rings (SSSR count). The summed E-state index contributed by atoms with van der Waals surface area (Å²) in [6, 6.07) is 0. The Kier molecular flexibility index (Phi) is 2.38. The van der Waals surface area contributed by atoms with Crippen molar-refractivity contribution in [2.45, 2.75) is 32.6 Å². The molecule has 0 aliphatic heterocycles. The van der Waals surface area contributed by atoms with Gasteiger partial charge in [-0.1, -0.05) is 13.8 Å². The molecular weight excluding hydrogens is 190 g/mol. The number of hydrogen-bond acceptors (Lipinski definition) is 3. The fourth-order valence-electron chi connectivity index (χ4n) is 2.48. The van der Waals surface area contributed by atoms with Gasteiger partial charge in [-0.15, -0.1) is 0 Å². The number of aromatic amines is 1. The van der Waals surface area contributed by atoms with Crippen LogP contribution in [0.25, 0.3) is 0 Å². The molecule has 0 saturated carbocycles. The van der Waals surface area contributed by atoms with Gasteiger partial charge < -0.3 is 10.7 Å². The van der Waals surface area contributed by atoms with E-state index in [1.54, 1.807) is 6.20 Å². The summed E-state index contributed by atoms with van der Waals surface area (Å²) in [5, 5.41) is 0. The molecule has 0 aromatic carbocycles. The third kappa shape index (κ3) is 1.95. The second-order valence-corrected chi connectivity index (χ2v) is 5.10. The fraction of sp³-hybridized carbons (Fsp3) is 0.636. The molecule has 1 heterocycles. The van der Waals surface area contributed by atoms with Crippen molar-refractivity contribution in [3.8, 4) is 0 Å². The number of rotatable bonds is 1. The van der Waals surface area contributed by atoms with Crippen molar-refractivity contribution in [3.63, 3.8) is 0 Å². The molecule has 4 heteroatoms. The van der Waals surface area contributed by atoms with Gasteiger partial charge in [-0.05, 0) is 36.3 Å². The predicted molar refractivity (Wildman–Crippen MR) is 58.8 cm³/mol. The molecule has 1 aromatic heterocycles. The lowest BCUT2D eigenvalue weighted by Gasteiger charge is -2.35. The molecule has 3 N–H and O–H groups in total. The normalized spacial score (nSPS) is 23.5. The Morgan fingerprint density at radius 1 is 1.67 bits per heavy atom. The van der Waals surface area contributed by atoms with Crippen LogP contribution < -0.4 is 11.4 Å². The third-order valence-electron chi connectivity index (χ3n) is 3.11. The molecule has 0 spiro atoms. The van der Waals surface area contributed by atoms with Crippen LogP contribution >= 0.6 is 0 Å². The zero-order valence-electron chi connectivity index (χ0n) is 9.21. The van der Waals surface area contributed by atoms with Gasteiger partial charge in [0, 0.05) is 11.9 Å². The monoisotopic (exact) mass is 207 g/mol. The second-order valence-electron chi connectivity index (χ2n) is 5.10. The highest BCUT2D eigenvalue weighted by molar-refractivity contribution is 5.26. The number of H-pyrrole nitrogens is 1. The molecule has 0 fully saturated rings. The minimum atomic E-state index is -0.262. The average molecular weight is 207 g/mol. The zero-order valence-corrected chi connectivity index (χ0v) is 9.21. The zero-order chi connectivity index (χ0) is 11.1. The van der Waals surface area contributed by atoms with Gasteiger partial charge >= 0.3 is 5.69 Å². The Bertz CT molecular complexity index is 422. The van der Waals surface area contributed by atoms with E-state index in [2.05, 4.69) is 23.8 Å². The van der Waals surface area contributed by atoms with Crippen LogP contribution in [-0.2, 0) is 6.42 Å². The average Bonchev–Trinajstić information content (AvgIpc) is 2.14. The summed E-state index contributed by atoms with van der Waals surface area (Å²) in [6.07, 6.45) is 3.64. The minimum absolute atomic E-state index is 0.210. The number of nitrogens with zero attached hydrogens (tertiary/aromatic N) is 1. The van der Waals surface area contributed by atoms with E-state index >= 15 is 0 Å². The van der Waals surface area contributed by atoms with E-state index in [0.29, 0.717) is 12.5 Å². The number of hydrogen-bond donors (Lipinski definition) is 2. The maximum Gasteiger partial charge on any atom is 0.345 e. The predicted octanol–water partition coefficient (Wildman–Crippen LogP) is 0.785. The van der Waals surface area contributed by atoms with Crippen molar-refractivity contribution in [1.82, 2.24) is 9.97 Å². The Labute approximate surface area is 88.9 Å². The summed E-state index contributed by atoms with van der Waals surface area (Å²) in [4.78, 5) is 17.7. The van der Waals surface area contributed by atoms with E-state index in [1.807, 2.05) is 0 Å². The van der Waals surface area contributed by atoms with E-state index in [9.17, 15) is 4.79 Å². The number of nitrogens with two attached hydrogens (primary N) is 1. The Morgan fingerprint density at radius 3 is 3.07 bits per heavy atom. The number of fused-ring (bicyclic) bond motifs is 1. The summed E-state index contributed by atoms with van der Waals surface area (Å²) in [7, 11) is 0. The van der Waals surface area contributed by atoms with Crippen molar-refractivity contribution >= 4 is 0 Å². The van der Waals surface area contributed by atoms with E-state index in [0.717, 1.165) is 24.1 Å². The maximum atomic E-state index is 11.1. The Morgan fingerprint density at radius 2 is 2.40 bits per heavy atom. The van der Waals surface area contributed by atoms with Gasteiger partial charge in [0.2, 0.25) is 0 Å². The molecule has 4 nitrogen and oxygen atoms in total. The summed E-state index contributed by atoms with van der Waals surface area (Å²) in [6.45, 7) is 5.03. The molecule has 0 saturated heterocycles. The second kappa shape index (κ2) is 3.45. The van der Waals surface area contributed by atoms with Gasteiger partial charge in [-0.2, -0.15) is 0 Å².